The van der Waals surface area contributed by atoms with E-state index in [2.05, 4.69) is 0 Å². The Bertz CT molecular complexity index is 322. The van der Waals surface area contributed by atoms with Crippen LogP contribution in [0.1, 0.15) is 6.92 Å². The molecule has 1 amide bonds. The van der Waals surface area contributed by atoms with E-state index in [1.165, 1.54) is 0 Å². The van der Waals surface area contributed by atoms with E-state index < -0.39 is 0 Å². The lowest BCUT2D eigenvalue weighted by Crippen LogP contribution is -2.30. The molecule has 0 aliphatic heterocycles. The summed E-state index contributed by atoms with van der Waals surface area (Å²) in [6, 6.07) is 7.14. The van der Waals surface area contributed by atoms with Gasteiger partial charge < -0.3 is 15.4 Å². The highest BCUT2D eigenvalue weighted by atomic mass is 16.5. The fraction of sp³-hybridized carbons (Fsp3) is 0.364. The van der Waals surface area contributed by atoms with Crippen LogP contribution in [0.15, 0.2) is 24.3 Å². The Kier molecular flexibility index (Phi) is 4.12. The van der Waals surface area contributed by atoms with Crippen molar-refractivity contribution in [2.45, 2.75) is 6.92 Å². The first-order chi connectivity index (χ1) is 7.15. The summed E-state index contributed by atoms with van der Waals surface area (Å²) in [6.45, 7) is 2.51. The molecule has 0 atom stereocenters. The molecule has 0 saturated heterocycles. The van der Waals surface area contributed by atoms with Crippen LogP contribution in [0.3, 0.4) is 0 Å². The Morgan fingerprint density at radius 2 is 2.00 bits per heavy atom. The number of benzene rings is 1. The summed E-state index contributed by atoms with van der Waals surface area (Å²) in [5, 5.41) is 0. The van der Waals surface area contributed by atoms with Crippen molar-refractivity contribution in [3.8, 4) is 0 Å². The van der Waals surface area contributed by atoms with Crippen LogP contribution in [-0.4, -0.2) is 26.2 Å². The molecule has 82 valence electrons. The van der Waals surface area contributed by atoms with E-state index in [0.29, 0.717) is 12.3 Å². The van der Waals surface area contributed by atoms with Gasteiger partial charge in [-0.2, -0.15) is 0 Å². The smallest absolute Gasteiger partial charge is 0.252 e. The van der Waals surface area contributed by atoms with E-state index in [1.54, 1.807) is 36.2 Å². The third-order valence-electron chi connectivity index (χ3n) is 2.08. The fourth-order valence-corrected chi connectivity index (χ4v) is 1.13. The molecule has 0 saturated carbocycles. The number of carbonyl (C=O) groups excluding carboxylic acids is 1. The van der Waals surface area contributed by atoms with Gasteiger partial charge in [0.15, 0.2) is 0 Å². The van der Waals surface area contributed by atoms with Crippen LogP contribution < -0.4 is 10.6 Å². The van der Waals surface area contributed by atoms with E-state index >= 15 is 0 Å². The summed E-state index contributed by atoms with van der Waals surface area (Å²) in [4.78, 5) is 13.1. The monoisotopic (exact) mass is 208 g/mol. The second-order valence-electron chi connectivity index (χ2n) is 3.18. The van der Waals surface area contributed by atoms with Crippen molar-refractivity contribution in [3.63, 3.8) is 0 Å². The Morgan fingerprint density at radius 3 is 2.53 bits per heavy atom. The number of rotatable bonds is 4. The summed E-state index contributed by atoms with van der Waals surface area (Å²) in [5.74, 6) is -0.0679. The summed E-state index contributed by atoms with van der Waals surface area (Å²) >= 11 is 0. The normalized spacial score (nSPS) is 10.0. The lowest BCUT2D eigenvalue weighted by molar-refractivity contribution is -0.122. The largest absolute Gasteiger partial charge is 0.399 e. The molecule has 1 aromatic rings. The molecule has 0 aliphatic rings. The van der Waals surface area contributed by atoms with E-state index in [0.717, 1.165) is 5.69 Å². The quantitative estimate of drug-likeness (QED) is 0.758. The predicted octanol–water partition coefficient (Wildman–Crippen LogP) is 1.27. The lowest BCUT2D eigenvalue weighted by atomic mass is 10.2. The van der Waals surface area contributed by atoms with Gasteiger partial charge in [0.2, 0.25) is 0 Å². The first kappa shape index (κ1) is 11.5. The molecule has 0 aliphatic carbocycles. The Labute approximate surface area is 89.6 Å². The van der Waals surface area contributed by atoms with Crippen LogP contribution in [0, 0.1) is 0 Å². The molecule has 1 rings (SSSR count). The molecule has 0 aromatic heterocycles. The Hall–Kier alpha value is -1.55. The number of hydrogen-bond acceptors (Lipinski definition) is 3. The highest BCUT2D eigenvalue weighted by molar-refractivity contribution is 5.93. The van der Waals surface area contributed by atoms with Crippen LogP contribution in [0.5, 0.6) is 0 Å². The zero-order valence-electron chi connectivity index (χ0n) is 9.06. The van der Waals surface area contributed by atoms with Gasteiger partial charge in [0.1, 0.15) is 6.61 Å². The number of nitrogens with two attached hydrogens (primary N) is 1. The molecule has 0 unspecified atom stereocenters. The maximum Gasteiger partial charge on any atom is 0.252 e. The van der Waals surface area contributed by atoms with Crippen molar-refractivity contribution in [2.24, 2.45) is 0 Å². The number of likely N-dealkylation sites (N-methyl/N-ethyl adjacent to an activating group) is 1. The Morgan fingerprint density at radius 1 is 1.40 bits per heavy atom. The van der Waals surface area contributed by atoms with Crippen LogP contribution in [0.25, 0.3) is 0 Å². The second kappa shape index (κ2) is 5.36. The van der Waals surface area contributed by atoms with Crippen molar-refractivity contribution >= 4 is 17.3 Å². The van der Waals surface area contributed by atoms with Crippen molar-refractivity contribution in [2.75, 3.05) is 30.9 Å². The SMILES string of the molecule is CCOCC(=O)N(C)c1ccc(N)cc1. The highest BCUT2D eigenvalue weighted by Gasteiger charge is 2.09. The van der Waals surface area contributed by atoms with Gasteiger partial charge in [-0.15, -0.1) is 0 Å². The predicted molar refractivity (Wildman–Crippen MR) is 60.8 cm³/mol. The number of nitrogen functional groups attached to an aromatic ring is 1. The van der Waals surface area contributed by atoms with Crippen LogP contribution >= 0.6 is 0 Å². The summed E-state index contributed by atoms with van der Waals surface area (Å²) in [5.41, 5.74) is 7.05. The van der Waals surface area contributed by atoms with Crippen molar-refractivity contribution in [3.05, 3.63) is 24.3 Å². The number of amides is 1. The standard InChI is InChI=1S/C11H16N2O2/c1-3-15-8-11(14)13(2)10-6-4-9(12)5-7-10/h4-7H,3,8,12H2,1-2H3. The van der Waals surface area contributed by atoms with Gasteiger partial charge >= 0.3 is 0 Å². The topological polar surface area (TPSA) is 55.6 Å². The fourth-order valence-electron chi connectivity index (χ4n) is 1.13. The molecule has 15 heavy (non-hydrogen) atoms. The maximum atomic E-state index is 11.6. The van der Waals surface area contributed by atoms with Crippen molar-refractivity contribution in [1.29, 1.82) is 0 Å². The number of hydrogen-bond donors (Lipinski definition) is 1. The number of nitrogens with zero attached hydrogens (tertiary/aromatic N) is 1. The molecule has 1 aromatic carbocycles. The minimum absolute atomic E-state index is 0.0679. The number of ether oxygens (including phenoxy) is 1. The number of anilines is 2. The lowest BCUT2D eigenvalue weighted by Gasteiger charge is -2.17. The van der Waals surface area contributed by atoms with E-state index in [-0.39, 0.29) is 12.5 Å². The third-order valence-corrected chi connectivity index (χ3v) is 2.08. The van der Waals surface area contributed by atoms with Gasteiger partial charge in [-0.1, -0.05) is 0 Å². The van der Waals surface area contributed by atoms with E-state index in [9.17, 15) is 4.79 Å². The van der Waals surface area contributed by atoms with Gasteiger partial charge in [0, 0.05) is 25.0 Å². The van der Waals surface area contributed by atoms with Gasteiger partial charge in [0.25, 0.3) is 5.91 Å². The molecular formula is C11H16N2O2. The van der Waals surface area contributed by atoms with Gasteiger partial charge in [-0.3, -0.25) is 4.79 Å². The zero-order chi connectivity index (χ0) is 11.3. The molecule has 0 fully saturated rings. The second-order valence-corrected chi connectivity index (χ2v) is 3.18. The minimum Gasteiger partial charge on any atom is -0.399 e. The molecule has 0 radical (unpaired) electrons. The first-order valence-corrected chi connectivity index (χ1v) is 4.85. The maximum absolute atomic E-state index is 11.6. The molecule has 0 spiro atoms. The molecule has 0 bridgehead atoms. The van der Waals surface area contributed by atoms with Crippen molar-refractivity contribution < 1.29 is 9.53 Å². The summed E-state index contributed by atoms with van der Waals surface area (Å²) in [6.07, 6.45) is 0. The Balaban J connectivity index is 2.63. The van der Waals surface area contributed by atoms with E-state index in [4.69, 9.17) is 10.5 Å². The van der Waals surface area contributed by atoms with Gasteiger partial charge in [0.05, 0.1) is 0 Å². The zero-order valence-corrected chi connectivity index (χ0v) is 9.06. The number of carbonyl (C=O) groups is 1. The average Bonchev–Trinajstić information content (AvgIpc) is 2.26. The molecule has 0 heterocycles. The molecular weight excluding hydrogens is 192 g/mol. The van der Waals surface area contributed by atoms with Crippen LogP contribution in [0.4, 0.5) is 11.4 Å². The van der Waals surface area contributed by atoms with Crippen molar-refractivity contribution in [1.82, 2.24) is 0 Å². The third kappa shape index (κ3) is 3.25. The first-order valence-electron chi connectivity index (χ1n) is 4.85. The van der Waals surface area contributed by atoms with Gasteiger partial charge in [-0.05, 0) is 31.2 Å². The van der Waals surface area contributed by atoms with Gasteiger partial charge in [-0.25, -0.2) is 0 Å². The molecule has 4 heteroatoms. The molecule has 2 N–H and O–H groups in total. The average molecular weight is 208 g/mol. The minimum atomic E-state index is -0.0679. The summed E-state index contributed by atoms with van der Waals surface area (Å²) in [7, 11) is 1.72. The highest BCUT2D eigenvalue weighted by Crippen LogP contribution is 2.14. The van der Waals surface area contributed by atoms with Crippen LogP contribution in [-0.2, 0) is 9.53 Å². The van der Waals surface area contributed by atoms with E-state index in [1.807, 2.05) is 6.92 Å². The molecule has 4 nitrogen and oxygen atoms in total. The van der Waals surface area contributed by atoms with Crippen LogP contribution in [0.2, 0.25) is 0 Å². The summed E-state index contributed by atoms with van der Waals surface area (Å²) < 4.78 is 5.05.